The van der Waals surface area contributed by atoms with Gasteiger partial charge in [-0.05, 0) is 158 Å². The van der Waals surface area contributed by atoms with Gasteiger partial charge >= 0.3 is 11.9 Å². The highest BCUT2D eigenvalue weighted by Gasteiger charge is 2.71. The Balaban J connectivity index is -0.000000177. The van der Waals surface area contributed by atoms with Crippen LogP contribution < -0.4 is 5.32 Å². The van der Waals surface area contributed by atoms with Gasteiger partial charge in [-0.2, -0.15) is 108 Å². The van der Waals surface area contributed by atoms with Crippen molar-refractivity contribution in [2.45, 2.75) is 195 Å². The Morgan fingerprint density at radius 1 is 0.795 bits per heavy atom. The Kier molecular flexibility index (Phi) is 51.4. The molecular formula is C58H117IN4O16S9. The topological polar surface area (TPSA) is 325 Å². The van der Waals surface area contributed by atoms with Crippen molar-refractivity contribution in [3.63, 3.8) is 0 Å². The number of ether oxygens (including phenoxy) is 3. The van der Waals surface area contributed by atoms with Crippen LogP contribution in [0.4, 0.5) is 0 Å². The minimum absolute atomic E-state index is 0. The molecule has 0 aromatic rings. The van der Waals surface area contributed by atoms with Crippen LogP contribution >= 0.6 is 131 Å². The number of carbonyl (C=O) groups excluding carboxylic acids is 3. The monoisotopic (exact) mass is 1540 g/mol. The van der Waals surface area contributed by atoms with Gasteiger partial charge in [-0.1, -0.05) is 78.6 Å². The van der Waals surface area contributed by atoms with E-state index in [1.807, 2.05) is 60.1 Å². The van der Waals surface area contributed by atoms with Gasteiger partial charge in [-0.25, -0.2) is 19.1 Å². The van der Waals surface area contributed by atoms with E-state index in [2.05, 4.69) is 44.4 Å². The van der Waals surface area contributed by atoms with Crippen LogP contribution in [0, 0.1) is 67.5 Å². The van der Waals surface area contributed by atoms with Crippen molar-refractivity contribution < 1.29 is 78.6 Å². The van der Waals surface area contributed by atoms with E-state index in [0.717, 1.165) is 71.0 Å². The number of aliphatic hydroxyl groups excluding tert-OH is 4. The Morgan fingerprint density at radius 3 is 1.42 bits per heavy atom. The van der Waals surface area contributed by atoms with E-state index in [9.17, 15) is 43.8 Å². The van der Waals surface area contributed by atoms with Crippen molar-refractivity contribution in [1.82, 2.24) is 5.32 Å². The molecule has 16 atom stereocenters. The summed E-state index contributed by atoms with van der Waals surface area (Å²) in [4.78, 5) is 52.1. The summed E-state index contributed by atoms with van der Waals surface area (Å²) in [5, 5.41) is 63.6. The number of carbonyl (C=O) groups is 4. The fraction of sp³-hybridized carbons (Fsp3) is 0.828. The molecule has 88 heavy (non-hydrogen) atoms. The highest BCUT2D eigenvalue weighted by Crippen LogP contribution is 2.70. The number of nitrogens with zero attached hydrogens (tertiary/aromatic N) is 3. The van der Waals surface area contributed by atoms with Crippen LogP contribution in [0.3, 0.4) is 0 Å². The number of terminal acetylenes is 1. The number of methoxy groups -OCH3 is 2. The standard InChI is InChI=1S/C27H43NO6.C21H30O5.C2HI.C2H8O4S.2C2H6.CH3N3.CH4O.8H2S/c1-6-28-21(16(2)29)15-34-24(32)27(33-5)12-10-20-19-8-7-17-13-18(30)9-11-25(17,3)23(19)22(31)14-26(20,27)4;1-19-8-6-13(22)10-12(19)4-5-14-15-7-9-21(26-3,18(24)25)20(15,2)11-16(23)17(14)19;1-2-3;1-7(2,4,5)6-3;2*1-2;1-3-4-2;1-2;;;;;;;;/h13,16,19-23,28-29,31H,6-12,14-15H2,1-5H3;10,14-17,23H,4-9,11H2,1-3H3,(H,24,25);1H;3H,1-2H3,(H,4,5);2*1-2H3;1H3;2H,1H3;8*1H2/t16?,19?,20?,21?,22?,23?,25?,26?,27-;14?,15?,16?,17?,19?,20?,21-;;;;;;;;;;;;;;/m11............../s1/i;;1D;;;;;;;;;;;;;. The molecule has 0 radical (unpaired) electrons. The lowest BCUT2D eigenvalue weighted by atomic mass is 9.45. The molecule has 8 aliphatic carbocycles. The molecule has 0 heterocycles. The van der Waals surface area contributed by atoms with E-state index < -0.39 is 55.9 Å². The Bertz CT molecular complexity index is 2370. The van der Waals surface area contributed by atoms with Crippen molar-refractivity contribution in [2.75, 3.05) is 54.0 Å². The number of halogens is 1. The summed E-state index contributed by atoms with van der Waals surface area (Å²) >= 11 is 1.80. The molecule has 0 aromatic carbocycles. The molecule has 0 saturated heterocycles. The molecule has 526 valence electrons. The second-order valence-corrected chi connectivity index (χ2v) is 27.2. The SMILES string of the molecule is CC.CC.CCNC(COC(=O)[C@]1(OC)CCC2C3CCC4=CC(=O)CCC4(C)C3C(O)CC21C)C(C)O.CN=[N+]=[N-].CO.CO[C@@]1(C(=O)O)CCC2C3CCC4=CC(=O)CCC4(C)C3C(O)CC21C.CS(C)(=O)(O)OO.S.S.S.S.S.S.S.S.[2H]C#CI. The molecule has 20 nitrogen and oxygen atoms in total. The summed E-state index contributed by atoms with van der Waals surface area (Å²) in [6.07, 6.45) is 15.6. The molecule has 0 bridgehead atoms. The van der Waals surface area contributed by atoms with E-state index in [-0.39, 0.29) is 184 Å². The van der Waals surface area contributed by atoms with Crippen LogP contribution in [0.25, 0.3) is 10.4 Å². The fourth-order valence-electron chi connectivity index (χ4n) is 15.8. The lowest BCUT2D eigenvalue weighted by molar-refractivity contribution is -0.207. The number of nitrogens with one attached hydrogen (secondary N) is 1. The molecule has 14 unspecified atom stereocenters. The lowest BCUT2D eigenvalue weighted by Crippen LogP contribution is -2.62. The lowest BCUT2D eigenvalue weighted by Gasteiger charge is -2.60. The maximum absolute atomic E-state index is 13.6. The second-order valence-electron chi connectivity index (χ2n) is 23.2. The quantitative estimate of drug-likeness (QED) is 0.0147. The van der Waals surface area contributed by atoms with E-state index in [4.69, 9.17) is 36.0 Å². The molecular weight excluding hydrogens is 1420 g/mol. The van der Waals surface area contributed by atoms with Crippen molar-refractivity contribution in [3.05, 3.63) is 33.7 Å². The van der Waals surface area contributed by atoms with Gasteiger partial charge in [0, 0.05) is 92.1 Å². The summed E-state index contributed by atoms with van der Waals surface area (Å²) in [6.45, 7) is 20.9. The van der Waals surface area contributed by atoms with Crippen molar-refractivity contribution in [1.29, 1.82) is 0 Å². The van der Waals surface area contributed by atoms with Crippen LogP contribution in [-0.2, 0) is 47.4 Å². The number of hydrogen-bond acceptors (Lipinski definition) is 16. The molecule has 8 aliphatic rings. The zero-order valence-electron chi connectivity index (χ0n) is 55.7. The zero-order valence-corrected chi connectivity index (χ0v) is 65.6. The minimum atomic E-state index is -4.06. The Morgan fingerprint density at radius 2 is 1.14 bits per heavy atom. The summed E-state index contributed by atoms with van der Waals surface area (Å²) < 4.78 is 47.7. The van der Waals surface area contributed by atoms with Crippen LogP contribution in [0.5, 0.6) is 0 Å². The Hall–Kier alpha value is -0.0900. The molecule has 8 N–H and O–H groups in total. The van der Waals surface area contributed by atoms with Gasteiger partial charge in [0.25, 0.3) is 0 Å². The summed E-state index contributed by atoms with van der Waals surface area (Å²) in [5.41, 5.74) is 6.02. The third-order valence-corrected chi connectivity index (χ3v) is 19.6. The van der Waals surface area contributed by atoms with Crippen molar-refractivity contribution in [3.8, 4) is 10.3 Å². The number of aliphatic carboxylic acids is 1. The van der Waals surface area contributed by atoms with E-state index >= 15 is 0 Å². The second kappa shape index (κ2) is 44.6. The fourth-order valence-corrected chi connectivity index (χ4v) is 15.8. The van der Waals surface area contributed by atoms with Gasteiger partial charge in [-0.15, -0.1) is 10.7 Å². The van der Waals surface area contributed by atoms with Crippen LogP contribution in [0.15, 0.2) is 28.4 Å². The predicted molar refractivity (Wildman–Crippen MR) is 402 cm³/mol. The first kappa shape index (κ1) is 101. The number of carboxylic acids is 1. The summed E-state index contributed by atoms with van der Waals surface area (Å²) in [5.74, 6) is 0.366. The number of azide groups is 1. The predicted octanol–water partition coefficient (Wildman–Crippen LogP) is 10.2. The van der Waals surface area contributed by atoms with Crippen molar-refractivity contribution >= 4 is 164 Å². The first-order valence-electron chi connectivity index (χ1n) is 28.7. The maximum atomic E-state index is 13.6. The van der Waals surface area contributed by atoms with Gasteiger partial charge in [0.15, 0.2) is 22.8 Å². The number of carboxylic acid groups (broad SMARTS) is 1. The third-order valence-electron chi connectivity index (χ3n) is 19.1. The van der Waals surface area contributed by atoms with Gasteiger partial charge < -0.3 is 49.6 Å². The van der Waals surface area contributed by atoms with Crippen LogP contribution in [0.2, 0.25) is 0 Å². The molecule has 0 aromatic heterocycles. The number of aliphatic hydroxyl groups is 4. The summed E-state index contributed by atoms with van der Waals surface area (Å²) in [7, 11) is 1.41. The molecule has 0 amide bonds. The first-order valence-corrected chi connectivity index (χ1v) is 32.0. The number of esters is 1. The number of fused-ring (bicyclic) bond motifs is 10. The van der Waals surface area contributed by atoms with E-state index in [1.165, 1.54) is 25.3 Å². The zero-order chi connectivity index (χ0) is 62.8. The number of likely N-dealkylation sites (N-methyl/N-ethyl adjacent to an activating group) is 1. The average molecular weight is 1540 g/mol. The normalized spacial score (nSPS) is 33.6. The molecule has 30 heteroatoms. The average Bonchev–Trinajstić information content (AvgIpc) is 1.70. The van der Waals surface area contributed by atoms with Crippen LogP contribution in [-0.4, -0.2) is 153 Å². The highest BCUT2D eigenvalue weighted by atomic mass is 127. The Labute approximate surface area is 597 Å². The van der Waals surface area contributed by atoms with Gasteiger partial charge in [0.2, 0.25) is 0 Å². The number of rotatable bonds is 10. The van der Waals surface area contributed by atoms with E-state index in [1.54, 1.807) is 36.6 Å². The molecule has 6 saturated carbocycles. The minimum Gasteiger partial charge on any atom is -0.479 e. The van der Waals surface area contributed by atoms with Crippen LogP contribution in [0.1, 0.15) is 160 Å². The molecule has 0 spiro atoms. The van der Waals surface area contributed by atoms with Gasteiger partial charge in [-0.3, -0.25) is 9.59 Å². The van der Waals surface area contributed by atoms with E-state index in [0.29, 0.717) is 45.1 Å². The molecule has 6 fully saturated rings. The van der Waals surface area contributed by atoms with Gasteiger partial charge in [0.05, 0.1) is 24.4 Å². The first-order chi connectivity index (χ1) is 37.9. The highest BCUT2D eigenvalue weighted by molar-refractivity contribution is 14.1. The number of ketones is 2. The molecule has 8 rings (SSSR count). The van der Waals surface area contributed by atoms with Crippen molar-refractivity contribution in [2.24, 2.45) is 62.3 Å². The number of hydrogen-bond donors (Lipinski definition) is 8. The largest absolute Gasteiger partial charge is 0.479 e. The maximum Gasteiger partial charge on any atom is 0.339 e. The number of allylic oxidation sites excluding steroid dienone is 2. The smallest absolute Gasteiger partial charge is 0.339 e. The summed E-state index contributed by atoms with van der Waals surface area (Å²) in [6, 6.07) is -0.341. The van der Waals surface area contributed by atoms with Gasteiger partial charge in [0.1, 0.15) is 17.6 Å². The molecule has 0 aliphatic heterocycles. The third kappa shape index (κ3) is 22.8.